The summed E-state index contributed by atoms with van der Waals surface area (Å²) >= 11 is 0. The molecule has 7 rings (SSSR count). The minimum atomic E-state index is -1.49. The molecule has 0 saturated carbocycles. The number of carbonyl (C=O) groups is 2. The summed E-state index contributed by atoms with van der Waals surface area (Å²) in [5, 5.41) is 16.2. The van der Waals surface area contributed by atoms with Crippen molar-refractivity contribution in [3.05, 3.63) is 98.8 Å². The molecule has 0 spiro atoms. The van der Waals surface area contributed by atoms with Crippen LogP contribution in [-0.4, -0.2) is 39.8 Å². The Morgan fingerprint density at radius 2 is 1.86 bits per heavy atom. The monoisotopic (exact) mass is 576 g/mol. The summed E-state index contributed by atoms with van der Waals surface area (Å²) in [7, 11) is 0. The molecule has 1 atom stereocenters. The molecule has 4 heterocycles. The largest absolute Gasteiger partial charge is 0.458 e. The first-order valence-corrected chi connectivity index (χ1v) is 14.0. The highest BCUT2D eigenvalue weighted by atomic mass is 16.5. The number of amides is 1. The predicted octanol–water partition coefficient (Wildman–Crippen LogP) is 3.19. The number of cyclic esters (lactones) is 1. The second kappa shape index (κ2) is 10.4. The van der Waals surface area contributed by atoms with E-state index in [-0.39, 0.29) is 31.3 Å². The van der Waals surface area contributed by atoms with Crippen LogP contribution in [0.1, 0.15) is 33.9 Å². The second-order valence-corrected chi connectivity index (χ2v) is 10.8. The number of carbonyl (C=O) groups excluding carboxylic acids is 2. The number of nitrogens with one attached hydrogen (secondary N) is 1. The third-order valence-electron chi connectivity index (χ3n) is 8.33. The van der Waals surface area contributed by atoms with E-state index in [1.54, 1.807) is 10.6 Å². The molecular weight excluding hydrogens is 548 g/mol. The van der Waals surface area contributed by atoms with Crippen LogP contribution in [0.3, 0.4) is 0 Å². The van der Waals surface area contributed by atoms with E-state index < -0.39 is 12.1 Å². The van der Waals surface area contributed by atoms with Gasteiger partial charge < -0.3 is 30.2 Å². The molecule has 1 unspecified atom stereocenters. The van der Waals surface area contributed by atoms with Crippen LogP contribution >= 0.6 is 0 Å². The molecule has 0 saturated heterocycles. The standard InChI is InChI=1S/C33H28N4O6/c1-17-24-13-37-27(11-23-25(32(37)40)15-43-33(41)31(23)39)30(24)36-26-9-8-20-6-7-21(10-22(20)29(17)26)19-4-2-18(3-5-19)14-42-16-35-28(38)12-34/h2-11,31,39H,12-16,34H2,1H3,(H,35,38). The van der Waals surface area contributed by atoms with Crippen LogP contribution in [-0.2, 0) is 38.8 Å². The highest BCUT2D eigenvalue weighted by molar-refractivity contribution is 6.10. The maximum atomic E-state index is 13.4. The van der Waals surface area contributed by atoms with E-state index in [9.17, 15) is 19.5 Å². The quantitative estimate of drug-likeness (QED) is 0.119. The van der Waals surface area contributed by atoms with Crippen molar-refractivity contribution < 1.29 is 24.2 Å². The van der Waals surface area contributed by atoms with Crippen molar-refractivity contribution in [2.45, 2.75) is 32.8 Å². The first-order chi connectivity index (χ1) is 20.8. The number of esters is 1. The number of nitrogens with two attached hydrogens (primary N) is 1. The SMILES string of the molecule is Cc1c2c(nc3ccc4ccc(-c5ccc(COCNC(=O)CN)cc5)cc4c13)-c1cc3c(c(=O)n1C2)COC(=O)C3O. The number of rotatable bonds is 6. The highest BCUT2D eigenvalue weighted by Crippen LogP contribution is 2.40. The van der Waals surface area contributed by atoms with Gasteiger partial charge in [0.1, 0.15) is 13.3 Å². The van der Waals surface area contributed by atoms with Crippen molar-refractivity contribution in [2.75, 3.05) is 13.3 Å². The van der Waals surface area contributed by atoms with Gasteiger partial charge in [-0.1, -0.05) is 42.5 Å². The van der Waals surface area contributed by atoms with Gasteiger partial charge in [0.05, 0.1) is 42.2 Å². The Hall–Kier alpha value is -4.90. The number of benzene rings is 3. The van der Waals surface area contributed by atoms with E-state index in [4.69, 9.17) is 20.2 Å². The fourth-order valence-electron chi connectivity index (χ4n) is 6.02. The number of aliphatic hydroxyl groups is 1. The van der Waals surface area contributed by atoms with E-state index in [2.05, 4.69) is 30.4 Å². The number of fused-ring (bicyclic) bond motifs is 7. The van der Waals surface area contributed by atoms with Crippen LogP contribution in [0.25, 0.3) is 44.2 Å². The summed E-state index contributed by atoms with van der Waals surface area (Å²) in [5.74, 6) is -1.02. The van der Waals surface area contributed by atoms with Gasteiger partial charge in [0.25, 0.3) is 5.56 Å². The first-order valence-electron chi connectivity index (χ1n) is 14.0. The molecule has 0 fully saturated rings. The molecule has 2 aromatic heterocycles. The summed E-state index contributed by atoms with van der Waals surface area (Å²) in [4.78, 5) is 41.6. The molecule has 2 aliphatic heterocycles. The van der Waals surface area contributed by atoms with E-state index in [1.807, 2.05) is 36.4 Å². The van der Waals surface area contributed by atoms with Crippen molar-refractivity contribution in [2.24, 2.45) is 5.73 Å². The molecule has 0 bridgehead atoms. The molecule has 4 N–H and O–H groups in total. The van der Waals surface area contributed by atoms with Gasteiger partial charge in [0.15, 0.2) is 6.10 Å². The molecule has 3 aromatic carbocycles. The fourth-order valence-corrected chi connectivity index (χ4v) is 6.02. The lowest BCUT2D eigenvalue weighted by Gasteiger charge is -2.21. The number of aromatic nitrogens is 2. The van der Waals surface area contributed by atoms with Crippen LogP contribution < -0.4 is 16.6 Å². The topological polar surface area (TPSA) is 146 Å². The molecule has 43 heavy (non-hydrogen) atoms. The number of pyridine rings is 2. The lowest BCUT2D eigenvalue weighted by atomic mass is 9.94. The lowest BCUT2D eigenvalue weighted by Crippen LogP contribution is -2.32. The summed E-state index contributed by atoms with van der Waals surface area (Å²) in [6.45, 7) is 2.65. The number of hydrogen-bond acceptors (Lipinski definition) is 8. The zero-order chi connectivity index (χ0) is 29.8. The number of hydrogen-bond donors (Lipinski definition) is 3. The zero-order valence-electron chi connectivity index (χ0n) is 23.3. The maximum Gasteiger partial charge on any atom is 0.340 e. The second-order valence-electron chi connectivity index (χ2n) is 10.8. The van der Waals surface area contributed by atoms with Crippen LogP contribution in [0.15, 0.2) is 65.5 Å². The Balaban J connectivity index is 1.25. The lowest BCUT2D eigenvalue weighted by molar-refractivity contribution is -0.157. The van der Waals surface area contributed by atoms with Crippen molar-refractivity contribution in [3.8, 4) is 22.5 Å². The Morgan fingerprint density at radius 3 is 2.65 bits per heavy atom. The maximum absolute atomic E-state index is 13.4. The Morgan fingerprint density at radius 1 is 1.09 bits per heavy atom. The third-order valence-corrected chi connectivity index (χ3v) is 8.33. The van der Waals surface area contributed by atoms with Crippen LogP contribution in [0, 0.1) is 6.92 Å². The number of ether oxygens (including phenoxy) is 2. The van der Waals surface area contributed by atoms with Gasteiger partial charge in [-0.25, -0.2) is 9.78 Å². The van der Waals surface area contributed by atoms with Crippen molar-refractivity contribution in [1.29, 1.82) is 0 Å². The molecule has 5 aromatic rings. The third kappa shape index (κ3) is 4.47. The van der Waals surface area contributed by atoms with Crippen LogP contribution in [0.5, 0.6) is 0 Å². The molecule has 10 heteroatoms. The minimum Gasteiger partial charge on any atom is -0.458 e. The fraction of sp³-hybridized carbons (Fsp3) is 0.212. The minimum absolute atomic E-state index is 0.0729. The molecular formula is C33H28N4O6. The number of nitrogens with zero attached hydrogens (tertiary/aromatic N) is 2. The van der Waals surface area contributed by atoms with Crippen molar-refractivity contribution in [1.82, 2.24) is 14.9 Å². The normalized spacial score (nSPS) is 15.2. The Bertz CT molecular complexity index is 2030. The van der Waals surface area contributed by atoms with Crippen molar-refractivity contribution in [3.63, 3.8) is 0 Å². The number of aryl methyl sites for hydroxylation is 1. The van der Waals surface area contributed by atoms with E-state index in [0.29, 0.717) is 35.7 Å². The average molecular weight is 577 g/mol. The molecule has 1 amide bonds. The van der Waals surface area contributed by atoms with E-state index in [1.165, 1.54) is 0 Å². The Labute approximate surface area is 245 Å². The molecule has 216 valence electrons. The van der Waals surface area contributed by atoms with E-state index >= 15 is 0 Å². The number of aliphatic hydroxyl groups excluding tert-OH is 1. The molecule has 2 aliphatic rings. The summed E-state index contributed by atoms with van der Waals surface area (Å²) in [6.07, 6.45) is -1.49. The van der Waals surface area contributed by atoms with Gasteiger partial charge in [-0.2, -0.15) is 0 Å². The Kier molecular flexibility index (Phi) is 6.54. The van der Waals surface area contributed by atoms with Gasteiger partial charge >= 0.3 is 5.97 Å². The van der Waals surface area contributed by atoms with Gasteiger partial charge in [-0.15, -0.1) is 0 Å². The van der Waals surface area contributed by atoms with Gasteiger partial charge in [0, 0.05) is 16.5 Å². The smallest absolute Gasteiger partial charge is 0.340 e. The molecule has 0 radical (unpaired) electrons. The van der Waals surface area contributed by atoms with Gasteiger partial charge in [-0.05, 0) is 58.1 Å². The first kappa shape index (κ1) is 27.0. The average Bonchev–Trinajstić information content (AvgIpc) is 3.40. The van der Waals surface area contributed by atoms with Crippen molar-refractivity contribution >= 4 is 33.6 Å². The van der Waals surface area contributed by atoms with Crippen LogP contribution in [0.4, 0.5) is 0 Å². The van der Waals surface area contributed by atoms with Gasteiger partial charge in [0.2, 0.25) is 5.91 Å². The summed E-state index contributed by atoms with van der Waals surface area (Å²) in [5.41, 5.74) is 12.7. The molecule has 10 nitrogen and oxygen atoms in total. The molecule has 0 aliphatic carbocycles. The van der Waals surface area contributed by atoms with E-state index in [0.717, 1.165) is 49.5 Å². The van der Waals surface area contributed by atoms with Gasteiger partial charge in [-0.3, -0.25) is 9.59 Å². The van der Waals surface area contributed by atoms with Crippen LogP contribution in [0.2, 0.25) is 0 Å². The summed E-state index contributed by atoms with van der Waals surface area (Å²) < 4.78 is 12.2. The highest BCUT2D eigenvalue weighted by Gasteiger charge is 2.34. The zero-order valence-corrected chi connectivity index (χ0v) is 23.3. The summed E-state index contributed by atoms with van der Waals surface area (Å²) in [6, 6.07) is 20.2. The predicted molar refractivity (Wildman–Crippen MR) is 160 cm³/mol.